The molecule has 0 aliphatic heterocycles. The molecule has 1 rings (SSSR count). The highest BCUT2D eigenvalue weighted by molar-refractivity contribution is 5.67. The topological polar surface area (TPSA) is 49.3 Å². The van der Waals surface area contributed by atoms with Crippen LogP contribution in [-0.2, 0) is 4.79 Å². The van der Waals surface area contributed by atoms with Crippen LogP contribution in [0.1, 0.15) is 19.3 Å². The number of nitrogens with one attached hydrogen (secondary N) is 1. The Morgan fingerprint density at radius 1 is 1.54 bits per heavy atom. The summed E-state index contributed by atoms with van der Waals surface area (Å²) in [6, 6.07) is -2.05. The number of hydrogen-bond acceptors (Lipinski definition) is 2. The second-order valence-electron chi connectivity index (χ2n) is 3.13. The Bertz CT molecular complexity index is 200. The molecule has 1 fully saturated rings. The average Bonchev–Trinajstić information content (AvgIpc) is 2.66. The number of carboxylic acid groups (broad SMARTS) is 1. The largest absolute Gasteiger partial charge is 0.481 e. The Morgan fingerprint density at radius 3 is 2.38 bits per heavy atom. The summed E-state index contributed by atoms with van der Waals surface area (Å²) in [7, 11) is 0. The number of alkyl halides is 3. The van der Waals surface area contributed by atoms with Gasteiger partial charge >= 0.3 is 12.1 Å². The first kappa shape index (κ1) is 10.3. The summed E-state index contributed by atoms with van der Waals surface area (Å²) in [6.45, 7) is 0. The predicted molar refractivity (Wildman–Crippen MR) is 38.3 cm³/mol. The van der Waals surface area contributed by atoms with Crippen molar-refractivity contribution in [3.8, 4) is 0 Å². The highest BCUT2D eigenvalue weighted by Crippen LogP contribution is 2.27. The van der Waals surface area contributed by atoms with E-state index in [4.69, 9.17) is 5.11 Å². The molecule has 13 heavy (non-hydrogen) atoms. The Labute approximate surface area is 72.9 Å². The van der Waals surface area contributed by atoms with Crippen LogP contribution in [0.25, 0.3) is 0 Å². The molecular formula is C7H10F3NO2. The Hall–Kier alpha value is -0.780. The van der Waals surface area contributed by atoms with Crippen molar-refractivity contribution in [3.63, 3.8) is 0 Å². The number of halogens is 3. The molecule has 1 aliphatic rings. The second-order valence-corrected chi connectivity index (χ2v) is 3.13. The first-order valence-electron chi connectivity index (χ1n) is 3.94. The van der Waals surface area contributed by atoms with Gasteiger partial charge in [-0.25, -0.2) is 0 Å². The molecule has 3 nitrogen and oxygen atoms in total. The van der Waals surface area contributed by atoms with Crippen molar-refractivity contribution in [1.29, 1.82) is 0 Å². The van der Waals surface area contributed by atoms with Crippen LogP contribution >= 0.6 is 0 Å². The van der Waals surface area contributed by atoms with Gasteiger partial charge in [0.2, 0.25) is 0 Å². The minimum atomic E-state index is -4.47. The predicted octanol–water partition coefficient (Wildman–Crippen LogP) is 1.14. The molecule has 0 amide bonds. The van der Waals surface area contributed by atoms with Crippen LogP contribution in [0.5, 0.6) is 0 Å². The standard InChI is InChI=1S/C7H10F3NO2/c8-7(9,10)5(3-6(12)13)11-4-1-2-4/h4-5,11H,1-3H2,(H,12,13). The van der Waals surface area contributed by atoms with Gasteiger partial charge in [-0.05, 0) is 12.8 Å². The molecule has 2 N–H and O–H groups in total. The zero-order chi connectivity index (χ0) is 10.1. The van der Waals surface area contributed by atoms with E-state index in [0.717, 1.165) is 0 Å². The molecule has 0 saturated heterocycles. The fourth-order valence-corrected chi connectivity index (χ4v) is 0.978. The van der Waals surface area contributed by atoms with E-state index in [2.05, 4.69) is 5.32 Å². The zero-order valence-electron chi connectivity index (χ0n) is 6.77. The normalized spacial score (nSPS) is 19.9. The fraction of sp³-hybridized carbons (Fsp3) is 0.857. The molecule has 0 aromatic heterocycles. The Balaban J connectivity index is 2.46. The molecule has 1 saturated carbocycles. The zero-order valence-corrected chi connectivity index (χ0v) is 6.77. The van der Waals surface area contributed by atoms with Crippen molar-refractivity contribution in [2.24, 2.45) is 0 Å². The van der Waals surface area contributed by atoms with Crippen LogP contribution in [0.15, 0.2) is 0 Å². The first-order valence-corrected chi connectivity index (χ1v) is 3.94. The van der Waals surface area contributed by atoms with Crippen LogP contribution < -0.4 is 5.32 Å². The molecule has 1 aliphatic carbocycles. The van der Waals surface area contributed by atoms with Crippen molar-refractivity contribution in [2.45, 2.75) is 37.5 Å². The van der Waals surface area contributed by atoms with Gasteiger partial charge in [-0.3, -0.25) is 4.79 Å². The van der Waals surface area contributed by atoms with E-state index in [9.17, 15) is 18.0 Å². The average molecular weight is 197 g/mol. The lowest BCUT2D eigenvalue weighted by Crippen LogP contribution is -2.44. The van der Waals surface area contributed by atoms with Gasteiger partial charge < -0.3 is 10.4 Å². The molecule has 76 valence electrons. The van der Waals surface area contributed by atoms with Gasteiger partial charge in [-0.15, -0.1) is 0 Å². The molecule has 0 heterocycles. The van der Waals surface area contributed by atoms with Gasteiger partial charge in [0.25, 0.3) is 0 Å². The molecular weight excluding hydrogens is 187 g/mol. The van der Waals surface area contributed by atoms with Crippen molar-refractivity contribution in [1.82, 2.24) is 5.32 Å². The molecule has 0 bridgehead atoms. The summed E-state index contributed by atoms with van der Waals surface area (Å²) < 4.78 is 36.4. The van der Waals surface area contributed by atoms with E-state index < -0.39 is 24.6 Å². The fourth-order valence-electron chi connectivity index (χ4n) is 0.978. The summed E-state index contributed by atoms with van der Waals surface area (Å²) in [5.41, 5.74) is 0. The van der Waals surface area contributed by atoms with Crippen molar-refractivity contribution in [3.05, 3.63) is 0 Å². The summed E-state index contributed by atoms with van der Waals surface area (Å²) in [4.78, 5) is 10.1. The summed E-state index contributed by atoms with van der Waals surface area (Å²) >= 11 is 0. The highest BCUT2D eigenvalue weighted by atomic mass is 19.4. The summed E-state index contributed by atoms with van der Waals surface area (Å²) in [6.07, 6.45) is -3.97. The molecule has 0 aromatic carbocycles. The number of rotatable bonds is 4. The minimum absolute atomic E-state index is 0.147. The van der Waals surface area contributed by atoms with E-state index in [1.807, 2.05) is 0 Å². The lowest BCUT2D eigenvalue weighted by molar-refractivity contribution is -0.167. The third-order valence-electron chi connectivity index (χ3n) is 1.79. The monoisotopic (exact) mass is 197 g/mol. The van der Waals surface area contributed by atoms with E-state index >= 15 is 0 Å². The summed E-state index contributed by atoms with van der Waals surface area (Å²) in [5.74, 6) is -1.43. The van der Waals surface area contributed by atoms with Crippen molar-refractivity contribution >= 4 is 5.97 Å². The highest BCUT2D eigenvalue weighted by Gasteiger charge is 2.43. The quantitative estimate of drug-likeness (QED) is 0.710. The lowest BCUT2D eigenvalue weighted by atomic mass is 10.2. The van der Waals surface area contributed by atoms with Gasteiger partial charge in [0.05, 0.1) is 6.42 Å². The van der Waals surface area contributed by atoms with Crippen LogP contribution in [-0.4, -0.2) is 29.3 Å². The van der Waals surface area contributed by atoms with Gasteiger partial charge in [0.1, 0.15) is 6.04 Å². The minimum Gasteiger partial charge on any atom is -0.481 e. The van der Waals surface area contributed by atoms with Crippen molar-refractivity contribution < 1.29 is 23.1 Å². The third-order valence-corrected chi connectivity index (χ3v) is 1.79. The lowest BCUT2D eigenvalue weighted by Gasteiger charge is -2.19. The first-order chi connectivity index (χ1) is 5.89. The maximum absolute atomic E-state index is 12.1. The SMILES string of the molecule is O=C(O)CC(NC1CC1)C(F)(F)F. The number of aliphatic carboxylic acids is 1. The van der Waals surface area contributed by atoms with Gasteiger partial charge in [-0.2, -0.15) is 13.2 Å². The van der Waals surface area contributed by atoms with E-state index in [0.29, 0.717) is 12.8 Å². The molecule has 1 atom stereocenters. The van der Waals surface area contributed by atoms with Gasteiger partial charge in [-0.1, -0.05) is 0 Å². The maximum Gasteiger partial charge on any atom is 0.404 e. The van der Waals surface area contributed by atoms with Crippen LogP contribution in [0, 0.1) is 0 Å². The van der Waals surface area contributed by atoms with E-state index in [1.54, 1.807) is 0 Å². The summed E-state index contributed by atoms with van der Waals surface area (Å²) in [5, 5.41) is 10.5. The molecule has 6 heteroatoms. The molecule has 0 aromatic rings. The van der Waals surface area contributed by atoms with Gasteiger partial charge in [0, 0.05) is 6.04 Å². The smallest absolute Gasteiger partial charge is 0.404 e. The van der Waals surface area contributed by atoms with E-state index in [1.165, 1.54) is 0 Å². The van der Waals surface area contributed by atoms with Crippen LogP contribution in [0.4, 0.5) is 13.2 Å². The number of carboxylic acids is 1. The van der Waals surface area contributed by atoms with E-state index in [-0.39, 0.29) is 6.04 Å². The third kappa shape index (κ3) is 3.63. The Kier molecular flexibility index (Phi) is 2.80. The van der Waals surface area contributed by atoms with Crippen LogP contribution in [0.2, 0.25) is 0 Å². The van der Waals surface area contributed by atoms with Gasteiger partial charge in [0.15, 0.2) is 0 Å². The molecule has 0 spiro atoms. The maximum atomic E-state index is 12.1. The number of hydrogen-bond donors (Lipinski definition) is 2. The Morgan fingerprint density at radius 2 is 2.08 bits per heavy atom. The molecule has 0 radical (unpaired) electrons. The van der Waals surface area contributed by atoms with Crippen molar-refractivity contribution in [2.75, 3.05) is 0 Å². The second kappa shape index (κ2) is 3.53. The molecule has 1 unspecified atom stereocenters. The number of carbonyl (C=O) groups is 1. The van der Waals surface area contributed by atoms with Crippen LogP contribution in [0.3, 0.4) is 0 Å².